The largest absolute Gasteiger partial charge is 0.497 e. The number of hydrogen-bond donors (Lipinski definition) is 0. The summed E-state index contributed by atoms with van der Waals surface area (Å²) in [6, 6.07) is 14.0. The molecule has 1 unspecified atom stereocenters. The predicted molar refractivity (Wildman–Crippen MR) is 81.9 cm³/mol. The van der Waals surface area contributed by atoms with Crippen molar-refractivity contribution in [2.45, 2.75) is 12.8 Å². The minimum Gasteiger partial charge on any atom is -0.497 e. The Bertz CT molecular complexity index is 702. The Morgan fingerprint density at radius 3 is 2.43 bits per heavy atom. The second-order valence-electron chi connectivity index (χ2n) is 4.66. The Balaban J connectivity index is 2.33. The minimum absolute atomic E-state index is 0.260. The summed E-state index contributed by atoms with van der Waals surface area (Å²) >= 11 is 6.04. The molecule has 0 N–H and O–H groups in total. The van der Waals surface area contributed by atoms with Gasteiger partial charge in [0.25, 0.3) is 0 Å². The molecule has 0 aliphatic carbocycles. The molecule has 0 heterocycles. The zero-order valence-electron chi connectivity index (χ0n) is 11.8. The molecule has 0 aromatic heterocycles. The van der Waals surface area contributed by atoms with Gasteiger partial charge in [-0.05, 0) is 36.2 Å². The Morgan fingerprint density at radius 1 is 1.24 bits per heavy atom. The van der Waals surface area contributed by atoms with Crippen LogP contribution in [0.25, 0.3) is 0 Å². The van der Waals surface area contributed by atoms with E-state index in [1.165, 1.54) is 0 Å². The van der Waals surface area contributed by atoms with Crippen LogP contribution in [0, 0.1) is 18.3 Å². The molecule has 0 saturated heterocycles. The maximum Gasteiger partial charge on any atom is 0.184 e. The first kappa shape index (κ1) is 15.1. The standard InChI is InChI=1S/C17H14ClNO2/c1-11-3-4-13(9-16(11)18)17(20)15(10-19)12-5-7-14(21-2)8-6-12/h3-9,15H,1-2H3. The number of nitrogens with zero attached hydrogens (tertiary/aromatic N) is 1. The van der Waals surface area contributed by atoms with E-state index < -0.39 is 5.92 Å². The van der Waals surface area contributed by atoms with Crippen molar-refractivity contribution >= 4 is 17.4 Å². The number of halogens is 1. The van der Waals surface area contributed by atoms with E-state index in [1.54, 1.807) is 49.6 Å². The van der Waals surface area contributed by atoms with E-state index in [9.17, 15) is 10.1 Å². The van der Waals surface area contributed by atoms with Crippen molar-refractivity contribution < 1.29 is 9.53 Å². The fraction of sp³-hybridized carbons (Fsp3) is 0.176. The Kier molecular flexibility index (Phi) is 4.62. The molecule has 0 amide bonds. The van der Waals surface area contributed by atoms with Gasteiger partial charge in [0.2, 0.25) is 0 Å². The Hall–Kier alpha value is -2.31. The van der Waals surface area contributed by atoms with Crippen molar-refractivity contribution in [3.05, 3.63) is 64.2 Å². The molecule has 2 aromatic rings. The van der Waals surface area contributed by atoms with Crippen LogP contribution in [0.1, 0.15) is 27.4 Å². The number of aryl methyl sites for hydroxylation is 1. The molecule has 3 nitrogen and oxygen atoms in total. The first-order valence-corrected chi connectivity index (χ1v) is 6.78. The van der Waals surface area contributed by atoms with E-state index in [-0.39, 0.29) is 5.78 Å². The molecule has 0 saturated carbocycles. The van der Waals surface area contributed by atoms with Crippen molar-refractivity contribution in [3.63, 3.8) is 0 Å². The number of benzene rings is 2. The van der Waals surface area contributed by atoms with Crippen LogP contribution in [0.5, 0.6) is 5.75 Å². The number of carbonyl (C=O) groups excluding carboxylic acids is 1. The van der Waals surface area contributed by atoms with Gasteiger partial charge in [-0.2, -0.15) is 5.26 Å². The van der Waals surface area contributed by atoms with Crippen molar-refractivity contribution in [2.24, 2.45) is 0 Å². The molecule has 106 valence electrons. The van der Waals surface area contributed by atoms with Gasteiger partial charge >= 0.3 is 0 Å². The lowest BCUT2D eigenvalue weighted by Crippen LogP contribution is -2.11. The summed E-state index contributed by atoms with van der Waals surface area (Å²) in [7, 11) is 1.57. The van der Waals surface area contributed by atoms with E-state index in [0.717, 1.165) is 5.56 Å². The van der Waals surface area contributed by atoms with Gasteiger partial charge in [0.05, 0.1) is 13.2 Å². The number of Topliss-reactive ketones (excluding diaryl/α,β-unsaturated/α-hetero) is 1. The molecule has 0 radical (unpaired) electrons. The number of rotatable bonds is 4. The topological polar surface area (TPSA) is 50.1 Å². The molecule has 4 heteroatoms. The molecule has 0 aliphatic heterocycles. The highest BCUT2D eigenvalue weighted by Crippen LogP contribution is 2.25. The summed E-state index contributed by atoms with van der Waals surface area (Å²) in [4.78, 5) is 12.5. The van der Waals surface area contributed by atoms with Gasteiger partial charge in [0.1, 0.15) is 11.7 Å². The molecule has 1 atom stereocenters. The average molecular weight is 300 g/mol. The van der Waals surface area contributed by atoms with Crippen molar-refractivity contribution in [2.75, 3.05) is 7.11 Å². The molecular formula is C17H14ClNO2. The van der Waals surface area contributed by atoms with Gasteiger partial charge in [0.15, 0.2) is 5.78 Å². The quantitative estimate of drug-likeness (QED) is 0.797. The van der Waals surface area contributed by atoms with Crippen LogP contribution in [0.2, 0.25) is 5.02 Å². The van der Waals surface area contributed by atoms with Crippen LogP contribution >= 0.6 is 11.6 Å². The second kappa shape index (κ2) is 6.43. The molecule has 21 heavy (non-hydrogen) atoms. The monoisotopic (exact) mass is 299 g/mol. The van der Waals surface area contributed by atoms with Gasteiger partial charge < -0.3 is 4.74 Å². The zero-order valence-corrected chi connectivity index (χ0v) is 12.5. The first-order valence-electron chi connectivity index (χ1n) is 6.40. The van der Waals surface area contributed by atoms with Crippen molar-refractivity contribution in [1.29, 1.82) is 5.26 Å². The van der Waals surface area contributed by atoms with E-state index in [0.29, 0.717) is 21.9 Å². The van der Waals surface area contributed by atoms with E-state index in [4.69, 9.17) is 16.3 Å². The fourth-order valence-corrected chi connectivity index (χ4v) is 2.17. The minimum atomic E-state index is -0.852. The van der Waals surface area contributed by atoms with Crippen LogP contribution < -0.4 is 4.74 Å². The summed E-state index contributed by atoms with van der Waals surface area (Å²) in [6.45, 7) is 1.86. The number of methoxy groups -OCH3 is 1. The summed E-state index contributed by atoms with van der Waals surface area (Å²) in [5, 5.41) is 9.85. The van der Waals surface area contributed by atoms with Crippen molar-refractivity contribution in [1.82, 2.24) is 0 Å². The number of nitriles is 1. The van der Waals surface area contributed by atoms with Crippen LogP contribution in [0.4, 0.5) is 0 Å². The summed E-state index contributed by atoms with van der Waals surface area (Å²) in [6.07, 6.45) is 0. The van der Waals surface area contributed by atoms with Gasteiger partial charge in [-0.3, -0.25) is 4.79 Å². The van der Waals surface area contributed by atoms with E-state index in [2.05, 4.69) is 6.07 Å². The Morgan fingerprint density at radius 2 is 1.90 bits per heavy atom. The number of ketones is 1. The van der Waals surface area contributed by atoms with Crippen LogP contribution in [0.3, 0.4) is 0 Å². The highest BCUT2D eigenvalue weighted by atomic mass is 35.5. The maximum absolute atomic E-state index is 12.5. The van der Waals surface area contributed by atoms with E-state index >= 15 is 0 Å². The highest BCUT2D eigenvalue weighted by Gasteiger charge is 2.22. The summed E-state index contributed by atoms with van der Waals surface area (Å²) < 4.78 is 5.07. The number of hydrogen-bond acceptors (Lipinski definition) is 3. The molecule has 0 bridgehead atoms. The number of carbonyl (C=O) groups is 1. The van der Waals surface area contributed by atoms with Gasteiger partial charge in [0, 0.05) is 10.6 Å². The van der Waals surface area contributed by atoms with Crippen LogP contribution in [-0.4, -0.2) is 12.9 Å². The molecule has 2 rings (SSSR count). The molecular weight excluding hydrogens is 286 g/mol. The maximum atomic E-state index is 12.5. The van der Waals surface area contributed by atoms with Crippen molar-refractivity contribution in [3.8, 4) is 11.8 Å². The van der Waals surface area contributed by atoms with Gasteiger partial charge in [-0.1, -0.05) is 35.9 Å². The molecule has 0 aliphatic rings. The third-order valence-electron chi connectivity index (χ3n) is 3.30. The third kappa shape index (κ3) is 3.24. The Labute approximate surface area is 128 Å². The lowest BCUT2D eigenvalue weighted by atomic mass is 9.91. The zero-order chi connectivity index (χ0) is 15.4. The summed E-state index contributed by atoms with van der Waals surface area (Å²) in [5.74, 6) is -0.430. The molecule has 2 aromatic carbocycles. The number of ether oxygens (including phenoxy) is 1. The molecule has 0 spiro atoms. The lowest BCUT2D eigenvalue weighted by molar-refractivity contribution is 0.0979. The SMILES string of the molecule is COc1ccc(C(C#N)C(=O)c2ccc(C)c(Cl)c2)cc1. The second-order valence-corrected chi connectivity index (χ2v) is 5.07. The first-order chi connectivity index (χ1) is 10.1. The third-order valence-corrected chi connectivity index (χ3v) is 3.70. The van der Waals surface area contributed by atoms with E-state index in [1.807, 2.05) is 6.92 Å². The lowest BCUT2D eigenvalue weighted by Gasteiger charge is -2.10. The van der Waals surface area contributed by atoms with Gasteiger partial charge in [-0.15, -0.1) is 0 Å². The smallest absolute Gasteiger partial charge is 0.184 e. The summed E-state index contributed by atoms with van der Waals surface area (Å²) in [5.41, 5.74) is 1.97. The van der Waals surface area contributed by atoms with Gasteiger partial charge in [-0.25, -0.2) is 0 Å². The highest BCUT2D eigenvalue weighted by molar-refractivity contribution is 6.31. The normalized spacial score (nSPS) is 11.5. The van der Waals surface area contributed by atoms with Crippen LogP contribution in [0.15, 0.2) is 42.5 Å². The predicted octanol–water partition coefficient (Wildman–Crippen LogP) is 4.15. The average Bonchev–Trinajstić information content (AvgIpc) is 2.51. The fourth-order valence-electron chi connectivity index (χ4n) is 1.99. The van der Waals surface area contributed by atoms with Crippen LogP contribution in [-0.2, 0) is 0 Å². The molecule has 0 fully saturated rings.